The maximum atomic E-state index is 13.2. The molecular formula is C27H44N2O5. The summed E-state index contributed by atoms with van der Waals surface area (Å²) in [5, 5.41) is 11.1. The summed E-state index contributed by atoms with van der Waals surface area (Å²) in [5.74, 6) is 0.828. The second kappa shape index (κ2) is 7.88. The van der Waals surface area contributed by atoms with Gasteiger partial charge in [0.15, 0.2) is 0 Å². The number of likely N-dealkylation sites (tertiary alicyclic amines) is 2. The summed E-state index contributed by atoms with van der Waals surface area (Å²) in [6, 6.07) is 0.367. The fourth-order valence-corrected chi connectivity index (χ4v) is 9.68. The van der Waals surface area contributed by atoms with Gasteiger partial charge in [-0.25, -0.2) is 0 Å². The van der Waals surface area contributed by atoms with Crippen LogP contribution in [0.4, 0.5) is 0 Å². The van der Waals surface area contributed by atoms with E-state index in [2.05, 4.69) is 16.8 Å². The number of esters is 1. The van der Waals surface area contributed by atoms with Crippen LogP contribution < -0.4 is 0 Å². The standard InChI is InChI=1S/C27H44N2O5/c1-25(2,3)34-24(31)18-7-6-13-29(18)17-10-11-27(32-5)20-15-16-8-9-19(30)22-21(16)26(27,23(17)33-22)12-14-28(20)4/h16-23,30H,6-15H2,1-5H3/t16?,17?,18?,19?,20?,21?,22?,23-,26-,27+/m0/s1. The van der Waals surface area contributed by atoms with E-state index in [1.165, 1.54) is 0 Å². The molecule has 0 radical (unpaired) electrons. The molecule has 0 aromatic carbocycles. The smallest absolute Gasteiger partial charge is 0.323 e. The van der Waals surface area contributed by atoms with Gasteiger partial charge in [0, 0.05) is 30.5 Å². The summed E-state index contributed by atoms with van der Waals surface area (Å²) in [6.45, 7) is 7.80. The summed E-state index contributed by atoms with van der Waals surface area (Å²) in [7, 11) is 4.18. The minimum Gasteiger partial charge on any atom is -0.459 e. The zero-order valence-electron chi connectivity index (χ0n) is 21.7. The average Bonchev–Trinajstić information content (AvgIpc) is 3.39. The lowest BCUT2D eigenvalue weighted by Gasteiger charge is -2.70. The molecule has 3 saturated heterocycles. The number of carbonyl (C=O) groups excluding carboxylic acids is 1. The van der Waals surface area contributed by atoms with Gasteiger partial charge in [-0.15, -0.1) is 0 Å². The van der Waals surface area contributed by atoms with E-state index in [0.29, 0.717) is 17.9 Å². The number of hydrogen-bond donors (Lipinski definition) is 1. The third-order valence-corrected chi connectivity index (χ3v) is 10.7. The zero-order valence-corrected chi connectivity index (χ0v) is 21.7. The molecule has 6 aliphatic rings. The molecule has 7 heteroatoms. The van der Waals surface area contributed by atoms with Gasteiger partial charge in [-0.05, 0) is 98.2 Å². The van der Waals surface area contributed by atoms with Crippen LogP contribution in [0.2, 0.25) is 0 Å². The largest absolute Gasteiger partial charge is 0.459 e. The first-order valence-corrected chi connectivity index (χ1v) is 13.7. The predicted octanol–water partition coefficient (Wildman–Crippen LogP) is 2.59. The highest BCUT2D eigenvalue weighted by Crippen LogP contribution is 2.71. The van der Waals surface area contributed by atoms with Crippen molar-refractivity contribution in [3.8, 4) is 0 Å². The van der Waals surface area contributed by atoms with Crippen LogP contribution >= 0.6 is 0 Å². The van der Waals surface area contributed by atoms with E-state index in [-0.39, 0.29) is 41.3 Å². The van der Waals surface area contributed by atoms with E-state index in [0.717, 1.165) is 64.5 Å². The highest BCUT2D eigenvalue weighted by Gasteiger charge is 2.78. The number of aliphatic hydroxyl groups excluding tert-OH is 1. The normalized spacial score (nSPS) is 50.8. The SMILES string of the molecule is CO[C@]12CCC(N3CCCC3C(=O)OC(C)(C)C)[C@@H]3OC4C(O)CCC5CC1N(C)CC[C@]32C54. The van der Waals surface area contributed by atoms with E-state index in [1.54, 1.807) is 0 Å². The van der Waals surface area contributed by atoms with Crippen LogP contribution in [0.3, 0.4) is 0 Å². The minimum absolute atomic E-state index is 0.00835. The third-order valence-electron chi connectivity index (χ3n) is 10.7. The van der Waals surface area contributed by atoms with Crippen molar-refractivity contribution in [2.45, 2.75) is 120 Å². The third kappa shape index (κ3) is 3.03. The molecule has 7 unspecified atom stereocenters. The molecule has 3 aliphatic carbocycles. The van der Waals surface area contributed by atoms with Crippen LogP contribution in [0.25, 0.3) is 0 Å². The monoisotopic (exact) mass is 476 g/mol. The predicted molar refractivity (Wildman–Crippen MR) is 127 cm³/mol. The number of piperidine rings is 1. The Morgan fingerprint density at radius 1 is 1.12 bits per heavy atom. The Balaban J connectivity index is 1.40. The molecule has 7 nitrogen and oxygen atoms in total. The van der Waals surface area contributed by atoms with Gasteiger partial charge in [0.25, 0.3) is 0 Å². The Morgan fingerprint density at radius 3 is 2.65 bits per heavy atom. The topological polar surface area (TPSA) is 71.5 Å². The Labute approximate surface area is 204 Å². The molecule has 10 atom stereocenters. The molecule has 6 rings (SSSR count). The average molecular weight is 477 g/mol. The van der Waals surface area contributed by atoms with Gasteiger partial charge >= 0.3 is 5.97 Å². The van der Waals surface area contributed by atoms with Crippen molar-refractivity contribution in [2.24, 2.45) is 17.3 Å². The van der Waals surface area contributed by atoms with Gasteiger partial charge in [0.05, 0.1) is 23.9 Å². The zero-order chi connectivity index (χ0) is 24.0. The molecule has 1 spiro atoms. The van der Waals surface area contributed by atoms with Gasteiger partial charge in [0.2, 0.25) is 0 Å². The number of nitrogens with zero attached hydrogens (tertiary/aromatic N) is 2. The highest BCUT2D eigenvalue weighted by atomic mass is 16.6. The van der Waals surface area contributed by atoms with Gasteiger partial charge in [-0.3, -0.25) is 9.69 Å². The second-order valence-electron chi connectivity index (χ2n) is 13.1. The summed E-state index contributed by atoms with van der Waals surface area (Å²) in [6.07, 6.45) is 7.42. The van der Waals surface area contributed by atoms with Gasteiger partial charge in [-0.1, -0.05) is 0 Å². The van der Waals surface area contributed by atoms with Gasteiger partial charge < -0.3 is 24.2 Å². The lowest BCUT2D eigenvalue weighted by atomic mass is 9.42. The first-order valence-electron chi connectivity index (χ1n) is 13.7. The fraction of sp³-hybridized carbons (Fsp3) is 0.963. The summed E-state index contributed by atoms with van der Waals surface area (Å²) < 4.78 is 19.5. The molecule has 3 heterocycles. The summed E-state index contributed by atoms with van der Waals surface area (Å²) in [5.41, 5.74) is -0.824. The van der Waals surface area contributed by atoms with E-state index in [9.17, 15) is 9.90 Å². The molecule has 2 bridgehead atoms. The Kier molecular flexibility index (Phi) is 5.48. The molecule has 3 aliphatic heterocycles. The highest BCUT2D eigenvalue weighted by molar-refractivity contribution is 5.76. The summed E-state index contributed by atoms with van der Waals surface area (Å²) >= 11 is 0. The molecule has 192 valence electrons. The number of rotatable bonds is 3. The Bertz CT molecular complexity index is 830. The van der Waals surface area contributed by atoms with Crippen molar-refractivity contribution in [1.82, 2.24) is 9.80 Å². The quantitative estimate of drug-likeness (QED) is 0.628. The summed E-state index contributed by atoms with van der Waals surface area (Å²) in [4.78, 5) is 18.2. The van der Waals surface area contributed by atoms with Gasteiger partial charge in [-0.2, -0.15) is 0 Å². The van der Waals surface area contributed by atoms with Crippen LogP contribution in [-0.2, 0) is 19.0 Å². The van der Waals surface area contributed by atoms with Crippen LogP contribution in [-0.4, -0.2) is 95.8 Å². The maximum Gasteiger partial charge on any atom is 0.323 e. The number of methoxy groups -OCH3 is 1. The Hall–Kier alpha value is -0.730. The number of aliphatic hydroxyl groups is 1. The molecule has 1 N–H and O–H groups in total. The Morgan fingerprint density at radius 2 is 1.91 bits per heavy atom. The van der Waals surface area contributed by atoms with Crippen LogP contribution in [0.5, 0.6) is 0 Å². The molecule has 6 fully saturated rings. The molecule has 0 aromatic rings. The first-order chi connectivity index (χ1) is 16.1. The first kappa shape index (κ1) is 23.7. The van der Waals surface area contributed by atoms with Crippen LogP contribution in [0.15, 0.2) is 0 Å². The molecule has 3 saturated carbocycles. The van der Waals surface area contributed by atoms with Crippen molar-refractivity contribution >= 4 is 5.97 Å². The molecule has 0 aromatic heterocycles. The van der Waals surface area contributed by atoms with Crippen molar-refractivity contribution < 1.29 is 24.1 Å². The second-order valence-corrected chi connectivity index (χ2v) is 13.1. The van der Waals surface area contributed by atoms with Crippen LogP contribution in [0, 0.1) is 17.3 Å². The van der Waals surface area contributed by atoms with E-state index in [1.807, 2.05) is 27.9 Å². The lowest BCUT2D eigenvalue weighted by molar-refractivity contribution is -0.274. The maximum absolute atomic E-state index is 13.2. The lowest BCUT2D eigenvalue weighted by Crippen LogP contribution is -2.78. The molecule has 0 amide bonds. The molecular weight excluding hydrogens is 432 g/mol. The number of hydrogen-bond acceptors (Lipinski definition) is 7. The van der Waals surface area contributed by atoms with Crippen molar-refractivity contribution in [3.05, 3.63) is 0 Å². The minimum atomic E-state index is -0.484. The number of ether oxygens (including phenoxy) is 3. The van der Waals surface area contributed by atoms with Crippen molar-refractivity contribution in [2.75, 3.05) is 27.2 Å². The van der Waals surface area contributed by atoms with E-state index in [4.69, 9.17) is 14.2 Å². The van der Waals surface area contributed by atoms with E-state index < -0.39 is 11.7 Å². The number of likely N-dealkylation sites (N-methyl/N-ethyl adjacent to an activating group) is 1. The van der Waals surface area contributed by atoms with Crippen LogP contribution in [0.1, 0.15) is 72.1 Å². The van der Waals surface area contributed by atoms with Crippen molar-refractivity contribution in [3.63, 3.8) is 0 Å². The van der Waals surface area contributed by atoms with E-state index >= 15 is 0 Å². The molecule has 34 heavy (non-hydrogen) atoms. The number of carbonyl (C=O) groups is 1. The van der Waals surface area contributed by atoms with Crippen molar-refractivity contribution in [1.29, 1.82) is 0 Å². The van der Waals surface area contributed by atoms with Gasteiger partial charge in [0.1, 0.15) is 11.6 Å². The fourth-order valence-electron chi connectivity index (χ4n) is 9.68.